The van der Waals surface area contributed by atoms with Gasteiger partial charge in [-0.15, -0.1) is 21.5 Å². The van der Waals surface area contributed by atoms with E-state index >= 15 is 0 Å². The molecule has 1 atom stereocenters. The summed E-state index contributed by atoms with van der Waals surface area (Å²) in [5, 5.41) is 16.4. The van der Waals surface area contributed by atoms with Gasteiger partial charge in [0.1, 0.15) is 22.8 Å². The Morgan fingerprint density at radius 3 is 2.96 bits per heavy atom. The Balaban J connectivity index is 1.39. The van der Waals surface area contributed by atoms with Gasteiger partial charge in [-0.1, -0.05) is 0 Å². The van der Waals surface area contributed by atoms with E-state index in [0.717, 1.165) is 39.3 Å². The first-order valence-electron chi connectivity index (χ1n) is 8.84. The van der Waals surface area contributed by atoms with Crippen LogP contribution in [0.3, 0.4) is 0 Å². The van der Waals surface area contributed by atoms with Crippen LogP contribution in [0.15, 0.2) is 12.3 Å². The molecule has 1 amide bonds. The topological polar surface area (TPSA) is 102 Å². The van der Waals surface area contributed by atoms with Crippen molar-refractivity contribution in [1.29, 1.82) is 0 Å². The maximum absolute atomic E-state index is 13.0. The van der Waals surface area contributed by atoms with E-state index in [2.05, 4.69) is 29.9 Å². The summed E-state index contributed by atoms with van der Waals surface area (Å²) < 4.78 is 8.26. The Labute approximate surface area is 159 Å². The van der Waals surface area contributed by atoms with Crippen molar-refractivity contribution >= 4 is 17.2 Å². The van der Waals surface area contributed by atoms with E-state index in [0.29, 0.717) is 26.2 Å². The molecule has 5 rings (SSSR count). The lowest BCUT2D eigenvalue weighted by atomic mass is 10.0. The number of fused-ring (bicyclic) bond motifs is 1. The Morgan fingerprint density at radius 1 is 1.33 bits per heavy atom. The van der Waals surface area contributed by atoms with Crippen molar-refractivity contribution in [2.45, 2.75) is 39.0 Å². The molecule has 1 spiro atoms. The lowest BCUT2D eigenvalue weighted by Gasteiger charge is -2.34. The van der Waals surface area contributed by atoms with E-state index in [1.54, 1.807) is 6.20 Å². The standard InChI is InChI=1S/C17H19N7O2S/c1-10-14(27-11(2)19-10)16(25)23-6-4-17(8-23)9-24-13(7-26-17)21-22-15(24)12-3-5-18-20-12/h3,5H,4,6-9H2,1-2H3,(H,18,20). The molecule has 1 fully saturated rings. The molecule has 5 heterocycles. The number of carbonyl (C=O) groups is 1. The molecule has 0 bridgehead atoms. The molecule has 1 saturated heterocycles. The SMILES string of the molecule is Cc1nc(C)c(C(=O)N2CCC3(C2)Cn2c(nnc2-c2ccn[nH]2)CO3)s1. The second kappa shape index (κ2) is 5.96. The summed E-state index contributed by atoms with van der Waals surface area (Å²) in [6.07, 6.45) is 2.48. The summed E-state index contributed by atoms with van der Waals surface area (Å²) in [6, 6.07) is 1.87. The molecule has 1 unspecified atom stereocenters. The van der Waals surface area contributed by atoms with Crippen LogP contribution in [0.4, 0.5) is 0 Å². The number of H-pyrrole nitrogens is 1. The number of aryl methyl sites for hydroxylation is 2. The van der Waals surface area contributed by atoms with Gasteiger partial charge in [0.05, 0.1) is 23.8 Å². The van der Waals surface area contributed by atoms with Gasteiger partial charge in [0.15, 0.2) is 11.6 Å². The number of nitrogens with one attached hydrogen (secondary N) is 1. The van der Waals surface area contributed by atoms with Crippen LogP contribution in [-0.4, -0.2) is 59.4 Å². The molecule has 0 radical (unpaired) electrons. The van der Waals surface area contributed by atoms with Crippen molar-refractivity contribution in [1.82, 2.24) is 34.8 Å². The smallest absolute Gasteiger partial charge is 0.265 e. The summed E-state index contributed by atoms with van der Waals surface area (Å²) in [6.45, 7) is 6.05. The van der Waals surface area contributed by atoms with Crippen LogP contribution in [0.1, 0.15) is 32.6 Å². The summed E-state index contributed by atoms with van der Waals surface area (Å²) >= 11 is 1.46. The summed E-state index contributed by atoms with van der Waals surface area (Å²) in [5.74, 6) is 1.59. The Morgan fingerprint density at radius 2 is 2.22 bits per heavy atom. The van der Waals surface area contributed by atoms with Crippen LogP contribution in [0.25, 0.3) is 11.5 Å². The molecule has 9 nitrogen and oxygen atoms in total. The van der Waals surface area contributed by atoms with Gasteiger partial charge in [0, 0.05) is 12.7 Å². The average Bonchev–Trinajstić information content (AvgIpc) is 3.41. The van der Waals surface area contributed by atoms with Gasteiger partial charge in [-0.05, 0) is 26.3 Å². The fourth-order valence-electron chi connectivity index (χ4n) is 3.88. The number of carbonyl (C=O) groups excluding carboxylic acids is 1. The second-order valence-electron chi connectivity index (χ2n) is 7.09. The first-order valence-corrected chi connectivity index (χ1v) is 9.65. The van der Waals surface area contributed by atoms with Crippen molar-refractivity contribution in [2.24, 2.45) is 0 Å². The van der Waals surface area contributed by atoms with Crippen LogP contribution in [-0.2, 0) is 17.9 Å². The molecule has 27 heavy (non-hydrogen) atoms. The number of aromatic nitrogens is 6. The third kappa shape index (κ3) is 2.67. The molecule has 2 aliphatic heterocycles. The molecule has 0 saturated carbocycles. The van der Waals surface area contributed by atoms with Gasteiger partial charge in [-0.25, -0.2) is 4.98 Å². The van der Waals surface area contributed by atoms with Gasteiger partial charge in [-0.3, -0.25) is 9.89 Å². The van der Waals surface area contributed by atoms with Crippen LogP contribution < -0.4 is 0 Å². The van der Waals surface area contributed by atoms with E-state index in [1.807, 2.05) is 24.8 Å². The molecule has 1 N–H and O–H groups in total. The minimum absolute atomic E-state index is 0.0434. The van der Waals surface area contributed by atoms with Crippen molar-refractivity contribution in [2.75, 3.05) is 13.1 Å². The Bertz CT molecular complexity index is 1010. The van der Waals surface area contributed by atoms with Gasteiger partial charge >= 0.3 is 0 Å². The van der Waals surface area contributed by atoms with Crippen LogP contribution in [0.5, 0.6) is 0 Å². The van der Waals surface area contributed by atoms with E-state index in [-0.39, 0.29) is 5.91 Å². The number of thiazole rings is 1. The first-order chi connectivity index (χ1) is 13.0. The number of aromatic amines is 1. The monoisotopic (exact) mass is 385 g/mol. The van der Waals surface area contributed by atoms with Crippen molar-refractivity contribution < 1.29 is 9.53 Å². The van der Waals surface area contributed by atoms with Crippen LogP contribution in [0.2, 0.25) is 0 Å². The number of ether oxygens (including phenoxy) is 1. The molecular weight excluding hydrogens is 366 g/mol. The third-order valence-corrected chi connectivity index (χ3v) is 6.28. The number of rotatable bonds is 2. The van der Waals surface area contributed by atoms with E-state index in [1.165, 1.54) is 11.3 Å². The van der Waals surface area contributed by atoms with Crippen molar-refractivity contribution in [3.8, 4) is 11.5 Å². The molecule has 2 aliphatic rings. The van der Waals surface area contributed by atoms with Gasteiger partial charge in [0.2, 0.25) is 0 Å². The predicted molar refractivity (Wildman–Crippen MR) is 97.2 cm³/mol. The fourth-order valence-corrected chi connectivity index (χ4v) is 4.77. The molecule has 10 heteroatoms. The summed E-state index contributed by atoms with van der Waals surface area (Å²) in [4.78, 5) is 19.9. The van der Waals surface area contributed by atoms with E-state index in [9.17, 15) is 4.79 Å². The normalized spacial score (nSPS) is 21.8. The molecule has 3 aromatic rings. The highest BCUT2D eigenvalue weighted by Gasteiger charge is 2.45. The average molecular weight is 385 g/mol. The Kier molecular flexibility index (Phi) is 3.66. The van der Waals surface area contributed by atoms with Gasteiger partial charge < -0.3 is 14.2 Å². The fraction of sp³-hybridized carbons (Fsp3) is 0.471. The maximum atomic E-state index is 13.0. The van der Waals surface area contributed by atoms with E-state index < -0.39 is 5.60 Å². The van der Waals surface area contributed by atoms with Crippen molar-refractivity contribution in [3.63, 3.8) is 0 Å². The highest BCUT2D eigenvalue weighted by molar-refractivity contribution is 7.13. The second-order valence-corrected chi connectivity index (χ2v) is 8.30. The zero-order chi connectivity index (χ0) is 18.6. The largest absolute Gasteiger partial charge is 0.363 e. The van der Waals surface area contributed by atoms with Crippen LogP contribution in [0, 0.1) is 13.8 Å². The minimum atomic E-state index is -0.409. The molecule has 0 aromatic carbocycles. The number of nitrogens with zero attached hydrogens (tertiary/aromatic N) is 6. The number of hydrogen-bond donors (Lipinski definition) is 1. The number of amides is 1. The molecular formula is C17H19N7O2S. The van der Waals surface area contributed by atoms with Crippen molar-refractivity contribution in [3.05, 3.63) is 33.7 Å². The number of likely N-dealkylation sites (tertiary alicyclic amines) is 1. The highest BCUT2D eigenvalue weighted by Crippen LogP contribution is 2.35. The molecule has 0 aliphatic carbocycles. The maximum Gasteiger partial charge on any atom is 0.265 e. The van der Waals surface area contributed by atoms with Crippen LogP contribution >= 0.6 is 11.3 Å². The number of hydrogen-bond acceptors (Lipinski definition) is 7. The quantitative estimate of drug-likeness (QED) is 0.718. The highest BCUT2D eigenvalue weighted by atomic mass is 32.1. The lowest BCUT2D eigenvalue weighted by Crippen LogP contribution is -2.45. The third-order valence-electron chi connectivity index (χ3n) is 5.22. The first kappa shape index (κ1) is 16.6. The Hall–Kier alpha value is -2.59. The summed E-state index contributed by atoms with van der Waals surface area (Å²) in [7, 11) is 0. The summed E-state index contributed by atoms with van der Waals surface area (Å²) in [5.41, 5.74) is 1.22. The minimum Gasteiger partial charge on any atom is -0.363 e. The zero-order valence-corrected chi connectivity index (χ0v) is 15.9. The van der Waals surface area contributed by atoms with Gasteiger partial charge in [-0.2, -0.15) is 5.10 Å². The predicted octanol–water partition coefficient (Wildman–Crippen LogP) is 1.56. The lowest BCUT2D eigenvalue weighted by molar-refractivity contribution is -0.0805. The zero-order valence-electron chi connectivity index (χ0n) is 15.1. The molecule has 3 aromatic heterocycles. The van der Waals surface area contributed by atoms with E-state index in [4.69, 9.17) is 4.74 Å². The molecule has 140 valence electrons. The van der Waals surface area contributed by atoms with Gasteiger partial charge in [0.25, 0.3) is 5.91 Å².